The van der Waals surface area contributed by atoms with Gasteiger partial charge < -0.3 is 14.5 Å². The van der Waals surface area contributed by atoms with E-state index >= 15 is 0 Å². The van der Waals surface area contributed by atoms with Crippen LogP contribution >= 0.6 is 11.3 Å². The predicted molar refractivity (Wildman–Crippen MR) is 132 cm³/mol. The maximum atomic E-state index is 13.6. The molecule has 2 heterocycles. The van der Waals surface area contributed by atoms with Crippen LogP contribution in [0.2, 0.25) is 0 Å². The van der Waals surface area contributed by atoms with Crippen LogP contribution in [0.3, 0.4) is 0 Å². The molecule has 0 spiro atoms. The van der Waals surface area contributed by atoms with E-state index in [4.69, 9.17) is 9.15 Å². The minimum Gasteiger partial charge on any atom is -0.493 e. The highest BCUT2D eigenvalue weighted by Crippen LogP contribution is 2.52. The van der Waals surface area contributed by atoms with Crippen LogP contribution in [-0.4, -0.2) is 12.9 Å². The van der Waals surface area contributed by atoms with Crippen LogP contribution in [0.5, 0.6) is 5.75 Å². The summed E-state index contributed by atoms with van der Waals surface area (Å²) in [5, 5.41) is 5.96. The third kappa shape index (κ3) is 3.12. The van der Waals surface area contributed by atoms with Crippen LogP contribution in [0.4, 0.5) is 5.69 Å². The first-order valence-corrected chi connectivity index (χ1v) is 11.8. The molecule has 4 aromatic rings. The Morgan fingerprint density at radius 3 is 2.73 bits per heavy atom. The van der Waals surface area contributed by atoms with Crippen molar-refractivity contribution in [2.75, 3.05) is 12.4 Å². The Morgan fingerprint density at radius 2 is 1.91 bits per heavy atom. The van der Waals surface area contributed by atoms with Crippen LogP contribution in [0.25, 0.3) is 26.6 Å². The Labute approximate surface area is 194 Å². The lowest BCUT2D eigenvalue weighted by molar-refractivity contribution is -0.118. The molecular weight excluding hydrogens is 434 g/mol. The third-order valence-electron chi connectivity index (χ3n) is 6.71. The predicted octanol–water partition coefficient (Wildman–Crippen LogP) is 6.33. The molecule has 1 N–H and O–H groups in total. The first-order valence-electron chi connectivity index (χ1n) is 11.0. The number of nitrogens with one attached hydrogen (secondary N) is 1. The number of ether oxygens (including phenoxy) is 1. The quantitative estimate of drug-likeness (QED) is 0.381. The zero-order chi connectivity index (χ0) is 22.9. The van der Waals surface area contributed by atoms with E-state index in [1.54, 1.807) is 7.11 Å². The largest absolute Gasteiger partial charge is 0.493 e. The molecule has 6 heteroatoms. The molecule has 1 atom stereocenters. The fourth-order valence-electron chi connectivity index (χ4n) is 5.37. The second-order valence-electron chi connectivity index (χ2n) is 9.62. The van der Waals surface area contributed by atoms with Crippen LogP contribution in [-0.2, 0) is 4.79 Å². The monoisotopic (exact) mass is 457 g/mol. The van der Waals surface area contributed by atoms with Crippen molar-refractivity contribution in [1.82, 2.24) is 0 Å². The molecule has 0 saturated heterocycles. The van der Waals surface area contributed by atoms with Crippen molar-refractivity contribution in [3.8, 4) is 5.75 Å². The van der Waals surface area contributed by atoms with Gasteiger partial charge in [0.25, 0.3) is 0 Å². The van der Waals surface area contributed by atoms with Crippen LogP contribution in [0.1, 0.15) is 43.9 Å². The van der Waals surface area contributed by atoms with Crippen molar-refractivity contribution in [3.05, 3.63) is 75.0 Å². The van der Waals surface area contributed by atoms with Gasteiger partial charge in [0.15, 0.2) is 17.1 Å². The number of benzene rings is 3. The van der Waals surface area contributed by atoms with Gasteiger partial charge in [-0.1, -0.05) is 55.5 Å². The van der Waals surface area contributed by atoms with Crippen molar-refractivity contribution >= 4 is 49.4 Å². The van der Waals surface area contributed by atoms with E-state index in [2.05, 4.69) is 43.4 Å². The number of fused-ring (bicyclic) bond motifs is 5. The molecule has 0 radical (unpaired) electrons. The van der Waals surface area contributed by atoms with Gasteiger partial charge in [-0.3, -0.25) is 4.79 Å². The van der Waals surface area contributed by atoms with Gasteiger partial charge in [-0.2, -0.15) is 0 Å². The fraction of sp³-hybridized carbons (Fsp3) is 0.259. The van der Waals surface area contributed by atoms with E-state index in [1.165, 1.54) is 0 Å². The highest BCUT2D eigenvalue weighted by molar-refractivity contribution is 7.16. The van der Waals surface area contributed by atoms with E-state index < -0.39 is 0 Å². The molecule has 0 saturated carbocycles. The summed E-state index contributed by atoms with van der Waals surface area (Å²) in [7, 11) is 1.56. The number of hydrogen-bond donors (Lipinski definition) is 1. The van der Waals surface area contributed by atoms with Gasteiger partial charge >= 0.3 is 4.94 Å². The number of hydrogen-bond acceptors (Lipinski definition) is 6. The van der Waals surface area contributed by atoms with E-state index in [0.717, 1.165) is 56.5 Å². The normalized spacial score (nSPS) is 19.4. The van der Waals surface area contributed by atoms with Crippen molar-refractivity contribution in [2.24, 2.45) is 5.41 Å². The molecule has 0 fully saturated rings. The lowest BCUT2D eigenvalue weighted by Gasteiger charge is -2.40. The molecule has 0 bridgehead atoms. The molecule has 33 heavy (non-hydrogen) atoms. The van der Waals surface area contributed by atoms with Gasteiger partial charge in [-0.05, 0) is 51.9 Å². The molecule has 1 aliphatic carbocycles. The number of rotatable bonds is 2. The minimum absolute atomic E-state index is 0.113. The topological polar surface area (TPSA) is 68.5 Å². The summed E-state index contributed by atoms with van der Waals surface area (Å²) in [6.07, 6.45) is 1.33. The molecule has 2 aliphatic rings. The van der Waals surface area contributed by atoms with Gasteiger partial charge in [0.1, 0.15) is 0 Å². The average molecular weight is 458 g/mol. The maximum Gasteiger partial charge on any atom is 0.396 e. The molecule has 1 aromatic heterocycles. The number of ketones is 1. The van der Waals surface area contributed by atoms with Crippen molar-refractivity contribution in [1.29, 1.82) is 0 Å². The standard InChI is InChI=1S/C27H23NO4S/c1-27(2)12-17-22-16-7-5-4-6-14(16)8-9-18(22)28-24(23(17)19(29)13-27)15-10-20(31-3)25-21(11-15)33-26(30)32-25/h4-11,24,28H,12-13H2,1-3H3/t24-/m0/s1. The van der Waals surface area contributed by atoms with Crippen LogP contribution in [0.15, 0.2) is 63.3 Å². The number of anilines is 1. The third-order valence-corrected chi connectivity index (χ3v) is 7.49. The van der Waals surface area contributed by atoms with E-state index in [0.29, 0.717) is 22.5 Å². The minimum atomic E-state index is -0.371. The number of allylic oxidation sites excluding steroid dienone is 1. The summed E-state index contributed by atoms with van der Waals surface area (Å²) in [6, 6.07) is 16.0. The summed E-state index contributed by atoms with van der Waals surface area (Å²) in [5.74, 6) is 0.662. The SMILES string of the molecule is COc1cc([C@@H]2Nc3ccc4ccccc4c3C3=C2C(=O)CC(C)(C)C3)cc2sc(=O)oc12. The lowest BCUT2D eigenvalue weighted by Crippen LogP contribution is -2.33. The number of methoxy groups -OCH3 is 1. The van der Waals surface area contributed by atoms with E-state index in [9.17, 15) is 9.59 Å². The van der Waals surface area contributed by atoms with E-state index in [-0.39, 0.29) is 22.2 Å². The van der Waals surface area contributed by atoms with Crippen LogP contribution < -0.4 is 15.0 Å². The first kappa shape index (κ1) is 20.2. The molecule has 166 valence electrons. The van der Waals surface area contributed by atoms with Crippen molar-refractivity contribution in [3.63, 3.8) is 0 Å². The molecule has 0 amide bonds. The Hall–Kier alpha value is -3.38. The summed E-state index contributed by atoms with van der Waals surface area (Å²) in [6.45, 7) is 4.32. The van der Waals surface area contributed by atoms with Gasteiger partial charge in [0.05, 0.1) is 17.9 Å². The second kappa shape index (κ2) is 7.06. The molecule has 6 rings (SSSR count). The lowest BCUT2D eigenvalue weighted by atomic mass is 9.68. The number of carbonyl (C=O) groups excluding carboxylic acids is 1. The Kier molecular flexibility index (Phi) is 4.33. The zero-order valence-corrected chi connectivity index (χ0v) is 19.5. The summed E-state index contributed by atoms with van der Waals surface area (Å²) < 4.78 is 11.6. The van der Waals surface area contributed by atoms with Gasteiger partial charge in [0, 0.05) is 23.2 Å². The number of carbonyl (C=O) groups is 1. The first-order chi connectivity index (χ1) is 15.8. The van der Waals surface area contributed by atoms with Crippen molar-refractivity contribution < 1.29 is 13.9 Å². The molecule has 3 aromatic carbocycles. The van der Waals surface area contributed by atoms with Crippen molar-refractivity contribution in [2.45, 2.75) is 32.7 Å². The zero-order valence-electron chi connectivity index (χ0n) is 18.7. The molecule has 5 nitrogen and oxygen atoms in total. The highest BCUT2D eigenvalue weighted by atomic mass is 32.1. The number of Topliss-reactive ketones (excluding diaryl/α,β-unsaturated/α-hetero) is 1. The van der Waals surface area contributed by atoms with Crippen LogP contribution in [0, 0.1) is 5.41 Å². The molecular formula is C27H23NO4S. The molecule has 0 unspecified atom stereocenters. The van der Waals surface area contributed by atoms with Gasteiger partial charge in [0.2, 0.25) is 0 Å². The second-order valence-corrected chi connectivity index (χ2v) is 10.6. The Morgan fingerprint density at radius 1 is 1.09 bits per heavy atom. The summed E-state index contributed by atoms with van der Waals surface area (Å²) in [4.78, 5) is 25.1. The van der Waals surface area contributed by atoms with E-state index in [1.807, 2.05) is 24.3 Å². The smallest absolute Gasteiger partial charge is 0.396 e. The summed E-state index contributed by atoms with van der Waals surface area (Å²) >= 11 is 1.05. The Balaban J connectivity index is 1.64. The summed E-state index contributed by atoms with van der Waals surface area (Å²) in [5.41, 5.74) is 5.29. The highest BCUT2D eigenvalue weighted by Gasteiger charge is 2.41. The van der Waals surface area contributed by atoms with Gasteiger partial charge in [-0.15, -0.1) is 0 Å². The molecule has 1 aliphatic heterocycles. The fourth-order valence-corrected chi connectivity index (χ4v) is 6.11. The maximum absolute atomic E-state index is 13.6. The Bertz CT molecular complexity index is 1560. The van der Waals surface area contributed by atoms with Gasteiger partial charge in [-0.25, -0.2) is 4.79 Å². The average Bonchev–Trinajstić information content (AvgIpc) is 3.16.